The molecule has 0 saturated heterocycles. The summed E-state index contributed by atoms with van der Waals surface area (Å²) < 4.78 is 5.48. The lowest BCUT2D eigenvalue weighted by Crippen LogP contribution is -2.59. The number of nitrogens with zero attached hydrogens (tertiary/aromatic N) is 1. The van der Waals surface area contributed by atoms with Crippen LogP contribution in [0.4, 0.5) is 4.79 Å². The van der Waals surface area contributed by atoms with Crippen LogP contribution in [0.2, 0.25) is 0 Å². The van der Waals surface area contributed by atoms with E-state index < -0.39 is 29.3 Å². The number of rotatable bonds is 9. The van der Waals surface area contributed by atoms with Crippen LogP contribution in [0.3, 0.4) is 0 Å². The van der Waals surface area contributed by atoms with Crippen LogP contribution in [0.5, 0.6) is 0 Å². The fraction of sp³-hybridized carbons (Fsp3) is 0.531. The fourth-order valence-electron chi connectivity index (χ4n) is 4.67. The third-order valence-corrected chi connectivity index (χ3v) is 6.29. The second-order valence-electron chi connectivity index (χ2n) is 12.6. The lowest BCUT2D eigenvalue weighted by Gasteiger charge is -2.44. The Morgan fingerprint density at radius 1 is 0.872 bits per heavy atom. The molecular formula is C32H47N3O4. The molecule has 0 aliphatic carbocycles. The lowest BCUT2D eigenvalue weighted by molar-refractivity contribution is -0.148. The molecule has 3 amide bonds. The standard InChI is InChI=1S/C32H47N3O4/c1-21(2)19-25(34-30(38)39-32(8,9)10)29(37)35(31(5,6)7)27(26-22(3)15-14-16-23(26)4)28(36)33-20-24-17-12-11-13-18-24/h11-18,21,25,27H,19-20H2,1-10H3,(H,33,36)(H,34,38). The highest BCUT2D eigenvalue weighted by molar-refractivity contribution is 5.93. The Kier molecular flexibility index (Phi) is 10.7. The molecule has 7 heteroatoms. The molecule has 0 saturated carbocycles. The van der Waals surface area contributed by atoms with Gasteiger partial charge >= 0.3 is 6.09 Å². The molecule has 2 N–H and O–H groups in total. The van der Waals surface area contributed by atoms with Crippen molar-refractivity contribution in [2.24, 2.45) is 5.92 Å². The summed E-state index contributed by atoms with van der Waals surface area (Å²) in [5.41, 5.74) is 2.12. The van der Waals surface area contributed by atoms with Crippen LogP contribution in [0.15, 0.2) is 48.5 Å². The average Bonchev–Trinajstić information content (AvgIpc) is 2.79. The van der Waals surface area contributed by atoms with Gasteiger partial charge in [-0.05, 0) is 90.0 Å². The van der Waals surface area contributed by atoms with E-state index in [0.717, 1.165) is 22.3 Å². The summed E-state index contributed by atoms with van der Waals surface area (Å²) in [7, 11) is 0. The van der Waals surface area contributed by atoms with Crippen molar-refractivity contribution in [2.45, 2.75) is 105 Å². The van der Waals surface area contributed by atoms with Gasteiger partial charge in [-0.2, -0.15) is 0 Å². The Morgan fingerprint density at radius 3 is 1.92 bits per heavy atom. The van der Waals surface area contributed by atoms with Crippen LogP contribution >= 0.6 is 0 Å². The van der Waals surface area contributed by atoms with Crippen molar-refractivity contribution in [3.05, 3.63) is 70.8 Å². The number of benzene rings is 2. The largest absolute Gasteiger partial charge is 0.444 e. The zero-order chi connectivity index (χ0) is 29.5. The predicted octanol–water partition coefficient (Wildman–Crippen LogP) is 6.23. The number of carbonyl (C=O) groups excluding carboxylic acids is 3. The highest BCUT2D eigenvalue weighted by Gasteiger charge is 2.43. The van der Waals surface area contributed by atoms with Gasteiger partial charge in [0.1, 0.15) is 17.7 Å². The molecule has 0 aliphatic heterocycles. The summed E-state index contributed by atoms with van der Waals surface area (Å²) in [5.74, 6) is -0.495. The summed E-state index contributed by atoms with van der Waals surface area (Å²) in [6, 6.07) is 13.8. The summed E-state index contributed by atoms with van der Waals surface area (Å²) >= 11 is 0. The lowest BCUT2D eigenvalue weighted by atomic mass is 9.89. The number of nitrogens with one attached hydrogen (secondary N) is 2. The van der Waals surface area contributed by atoms with Crippen molar-refractivity contribution in [1.29, 1.82) is 0 Å². The minimum atomic E-state index is -0.905. The van der Waals surface area contributed by atoms with Crippen LogP contribution in [0.1, 0.15) is 90.1 Å². The number of amides is 3. The molecule has 2 atom stereocenters. The van der Waals surface area contributed by atoms with Gasteiger partial charge in [0, 0.05) is 12.1 Å². The molecule has 0 radical (unpaired) electrons. The minimum Gasteiger partial charge on any atom is -0.444 e. The molecule has 0 bridgehead atoms. The first-order chi connectivity index (χ1) is 18.0. The van der Waals surface area contributed by atoms with Gasteiger partial charge in [0.15, 0.2) is 0 Å². The van der Waals surface area contributed by atoms with Crippen molar-refractivity contribution < 1.29 is 19.1 Å². The van der Waals surface area contributed by atoms with Gasteiger partial charge in [-0.15, -0.1) is 0 Å². The number of carbonyl (C=O) groups is 3. The predicted molar refractivity (Wildman–Crippen MR) is 156 cm³/mol. The summed E-state index contributed by atoms with van der Waals surface area (Å²) in [6.45, 7) is 19.3. The maximum absolute atomic E-state index is 14.4. The van der Waals surface area contributed by atoms with Crippen molar-refractivity contribution >= 4 is 17.9 Å². The Morgan fingerprint density at radius 2 is 1.44 bits per heavy atom. The topological polar surface area (TPSA) is 87.7 Å². The Labute approximate surface area is 234 Å². The minimum absolute atomic E-state index is 0.112. The third kappa shape index (κ3) is 9.41. The second-order valence-corrected chi connectivity index (χ2v) is 12.6. The molecule has 214 valence electrons. The molecule has 2 unspecified atom stereocenters. The Hall–Kier alpha value is -3.35. The van der Waals surface area contributed by atoms with E-state index in [1.54, 1.807) is 25.7 Å². The molecule has 2 aromatic rings. The van der Waals surface area contributed by atoms with Crippen molar-refractivity contribution in [2.75, 3.05) is 0 Å². The van der Waals surface area contributed by atoms with Crippen LogP contribution in [0.25, 0.3) is 0 Å². The first-order valence-electron chi connectivity index (χ1n) is 13.7. The third-order valence-electron chi connectivity index (χ3n) is 6.29. The molecule has 2 aromatic carbocycles. The number of alkyl carbamates (subject to hydrolysis) is 1. The van der Waals surface area contributed by atoms with E-state index in [4.69, 9.17) is 4.74 Å². The van der Waals surface area contributed by atoms with Crippen molar-refractivity contribution in [3.63, 3.8) is 0 Å². The van der Waals surface area contributed by atoms with E-state index in [9.17, 15) is 14.4 Å². The van der Waals surface area contributed by atoms with Gasteiger partial charge < -0.3 is 20.3 Å². The van der Waals surface area contributed by atoms with Crippen LogP contribution in [0, 0.1) is 19.8 Å². The number of ether oxygens (including phenoxy) is 1. The normalized spacial score (nSPS) is 13.4. The van der Waals surface area contributed by atoms with Crippen molar-refractivity contribution in [3.8, 4) is 0 Å². The summed E-state index contributed by atoms with van der Waals surface area (Å²) in [4.78, 5) is 42.9. The highest BCUT2D eigenvalue weighted by atomic mass is 16.6. The molecule has 2 rings (SSSR count). The second kappa shape index (κ2) is 13.1. The van der Waals surface area contributed by atoms with E-state index in [2.05, 4.69) is 10.6 Å². The quantitative estimate of drug-likeness (QED) is 0.397. The van der Waals surface area contributed by atoms with Crippen LogP contribution in [-0.4, -0.2) is 40.0 Å². The molecule has 0 heterocycles. The van der Waals surface area contributed by atoms with Crippen LogP contribution < -0.4 is 10.6 Å². The highest BCUT2D eigenvalue weighted by Crippen LogP contribution is 2.34. The summed E-state index contributed by atoms with van der Waals surface area (Å²) in [6.07, 6.45) is -0.261. The molecule has 0 aliphatic rings. The molecular weight excluding hydrogens is 490 g/mol. The maximum Gasteiger partial charge on any atom is 0.408 e. The number of hydrogen-bond donors (Lipinski definition) is 2. The van der Waals surface area contributed by atoms with Gasteiger partial charge in [0.25, 0.3) is 0 Å². The van der Waals surface area contributed by atoms with E-state index in [1.807, 2.05) is 97.0 Å². The Bertz CT molecular complexity index is 1110. The van der Waals surface area contributed by atoms with E-state index >= 15 is 0 Å². The SMILES string of the molecule is Cc1cccc(C)c1C(C(=O)NCc1ccccc1)N(C(=O)C(CC(C)C)NC(=O)OC(C)(C)C)C(C)(C)C. The van der Waals surface area contributed by atoms with E-state index in [1.165, 1.54) is 0 Å². The monoisotopic (exact) mass is 537 g/mol. The fourth-order valence-corrected chi connectivity index (χ4v) is 4.67. The molecule has 0 spiro atoms. The first kappa shape index (κ1) is 31.9. The van der Waals surface area contributed by atoms with Crippen molar-refractivity contribution in [1.82, 2.24) is 15.5 Å². The summed E-state index contributed by atoms with van der Waals surface area (Å²) in [5, 5.41) is 5.87. The smallest absolute Gasteiger partial charge is 0.408 e. The molecule has 0 aromatic heterocycles. The van der Waals surface area contributed by atoms with Gasteiger partial charge in [0.05, 0.1) is 0 Å². The Balaban J connectivity index is 2.59. The zero-order valence-corrected chi connectivity index (χ0v) is 25.3. The van der Waals surface area contributed by atoms with Gasteiger partial charge in [-0.25, -0.2) is 4.79 Å². The number of hydrogen-bond acceptors (Lipinski definition) is 4. The average molecular weight is 538 g/mol. The molecule has 7 nitrogen and oxygen atoms in total. The van der Waals surface area contributed by atoms with Gasteiger partial charge in [-0.1, -0.05) is 62.4 Å². The van der Waals surface area contributed by atoms with Gasteiger partial charge in [0.2, 0.25) is 11.8 Å². The van der Waals surface area contributed by atoms with Crippen LogP contribution in [-0.2, 0) is 20.9 Å². The molecule has 0 fully saturated rings. The van der Waals surface area contributed by atoms with E-state index in [-0.39, 0.29) is 17.7 Å². The zero-order valence-electron chi connectivity index (χ0n) is 25.3. The number of aryl methyl sites for hydroxylation is 2. The van der Waals surface area contributed by atoms with E-state index in [0.29, 0.717) is 13.0 Å². The first-order valence-corrected chi connectivity index (χ1v) is 13.7. The van der Waals surface area contributed by atoms with Gasteiger partial charge in [-0.3, -0.25) is 9.59 Å². The molecule has 39 heavy (non-hydrogen) atoms. The maximum atomic E-state index is 14.4.